The summed E-state index contributed by atoms with van der Waals surface area (Å²) in [5, 5.41) is 10.9. The van der Waals surface area contributed by atoms with Crippen molar-refractivity contribution in [1.29, 1.82) is 5.26 Å². The summed E-state index contributed by atoms with van der Waals surface area (Å²) in [5.74, 6) is 1.21. The van der Waals surface area contributed by atoms with Gasteiger partial charge in [0, 0.05) is 18.0 Å². The zero-order valence-electron chi connectivity index (χ0n) is 12.0. The Kier molecular flexibility index (Phi) is 3.85. The number of nitrogens with one attached hydrogen (secondary N) is 1. The Balaban J connectivity index is 2.50. The summed E-state index contributed by atoms with van der Waals surface area (Å²) in [6.45, 7) is 6.10. The van der Waals surface area contributed by atoms with Gasteiger partial charge < -0.3 is 4.74 Å². The number of methoxy groups -OCH3 is 1. The number of hydrogen-bond donors (Lipinski definition) is 1. The molecule has 2 aromatic rings. The first-order valence-electron chi connectivity index (χ1n) is 6.20. The van der Waals surface area contributed by atoms with Crippen molar-refractivity contribution >= 4 is 5.95 Å². The van der Waals surface area contributed by atoms with Crippen molar-refractivity contribution in [3.63, 3.8) is 0 Å². The topological polar surface area (TPSA) is 70.8 Å². The highest BCUT2D eigenvalue weighted by Crippen LogP contribution is 2.33. The predicted octanol–water partition coefficient (Wildman–Crippen LogP) is 2.97. The molecule has 0 bridgehead atoms. The molecule has 0 aliphatic rings. The average molecular weight is 268 g/mol. The summed E-state index contributed by atoms with van der Waals surface area (Å²) in [4.78, 5) is 8.22. The van der Waals surface area contributed by atoms with Crippen LogP contribution in [0.1, 0.15) is 16.7 Å². The number of hydrogen-bond acceptors (Lipinski definition) is 5. The number of benzene rings is 1. The standard InChI is InChI=1S/C15H16N4O/c1-9-5-13(10(2)11(3)14(9)20-4)12-6-17-15(18-7-12)19-8-16/h5-7H,1-4H3,(H,17,18,19). The van der Waals surface area contributed by atoms with E-state index in [0.29, 0.717) is 5.95 Å². The van der Waals surface area contributed by atoms with Crippen LogP contribution in [0.25, 0.3) is 11.1 Å². The lowest BCUT2D eigenvalue weighted by Gasteiger charge is -2.15. The summed E-state index contributed by atoms with van der Waals surface area (Å²) >= 11 is 0. The Labute approximate surface area is 118 Å². The number of nitrogens with zero attached hydrogens (tertiary/aromatic N) is 3. The van der Waals surface area contributed by atoms with Crippen LogP contribution in [0.2, 0.25) is 0 Å². The van der Waals surface area contributed by atoms with Gasteiger partial charge in [-0.3, -0.25) is 5.32 Å². The molecule has 1 aromatic carbocycles. The maximum absolute atomic E-state index is 8.53. The highest BCUT2D eigenvalue weighted by molar-refractivity contribution is 5.71. The molecule has 1 N–H and O–H groups in total. The molecule has 1 aromatic heterocycles. The van der Waals surface area contributed by atoms with E-state index >= 15 is 0 Å². The van der Waals surface area contributed by atoms with Gasteiger partial charge in [0.25, 0.3) is 0 Å². The zero-order chi connectivity index (χ0) is 14.7. The molecule has 5 heteroatoms. The summed E-state index contributed by atoms with van der Waals surface area (Å²) in [6.07, 6.45) is 5.21. The molecule has 0 atom stereocenters. The van der Waals surface area contributed by atoms with Crippen LogP contribution in [0.4, 0.5) is 5.95 Å². The first kappa shape index (κ1) is 13.8. The molecule has 0 spiro atoms. The Morgan fingerprint density at radius 3 is 2.35 bits per heavy atom. The molecule has 102 valence electrons. The van der Waals surface area contributed by atoms with E-state index in [1.165, 1.54) is 0 Å². The summed E-state index contributed by atoms with van der Waals surface area (Å²) in [5.41, 5.74) is 5.31. The van der Waals surface area contributed by atoms with E-state index in [-0.39, 0.29) is 0 Å². The van der Waals surface area contributed by atoms with E-state index in [9.17, 15) is 0 Å². The number of aromatic nitrogens is 2. The Morgan fingerprint density at radius 2 is 1.80 bits per heavy atom. The van der Waals surface area contributed by atoms with Gasteiger partial charge in [0.15, 0.2) is 6.19 Å². The second-order valence-electron chi connectivity index (χ2n) is 4.56. The van der Waals surface area contributed by atoms with E-state index in [1.54, 1.807) is 25.7 Å². The third kappa shape index (κ3) is 2.41. The van der Waals surface area contributed by atoms with Crippen LogP contribution in [-0.4, -0.2) is 17.1 Å². The van der Waals surface area contributed by atoms with Gasteiger partial charge in [-0.05, 0) is 49.1 Å². The molecule has 0 radical (unpaired) electrons. The number of rotatable bonds is 3. The zero-order valence-corrected chi connectivity index (χ0v) is 12.0. The number of ether oxygens (including phenoxy) is 1. The first-order chi connectivity index (χ1) is 9.58. The minimum absolute atomic E-state index is 0.302. The fraction of sp³-hybridized carbons (Fsp3) is 0.267. The third-order valence-corrected chi connectivity index (χ3v) is 3.36. The lowest BCUT2D eigenvalue weighted by atomic mass is 9.95. The van der Waals surface area contributed by atoms with E-state index in [0.717, 1.165) is 33.6 Å². The smallest absolute Gasteiger partial charge is 0.236 e. The minimum Gasteiger partial charge on any atom is -0.496 e. The number of nitriles is 1. The van der Waals surface area contributed by atoms with Crippen molar-refractivity contribution in [3.8, 4) is 23.1 Å². The SMILES string of the molecule is COc1c(C)cc(-c2cnc(NC#N)nc2)c(C)c1C. The molecule has 1 heterocycles. The largest absolute Gasteiger partial charge is 0.496 e. The molecule has 20 heavy (non-hydrogen) atoms. The Bertz CT molecular complexity index is 672. The molecule has 0 aliphatic heterocycles. The van der Waals surface area contributed by atoms with Crippen molar-refractivity contribution < 1.29 is 4.74 Å². The summed E-state index contributed by atoms with van der Waals surface area (Å²) < 4.78 is 5.42. The monoisotopic (exact) mass is 268 g/mol. The van der Waals surface area contributed by atoms with Crippen LogP contribution >= 0.6 is 0 Å². The van der Waals surface area contributed by atoms with E-state index in [1.807, 2.05) is 20.8 Å². The van der Waals surface area contributed by atoms with Crippen molar-refractivity contribution in [2.24, 2.45) is 0 Å². The van der Waals surface area contributed by atoms with Gasteiger partial charge >= 0.3 is 0 Å². The van der Waals surface area contributed by atoms with Gasteiger partial charge in [0.05, 0.1) is 7.11 Å². The lowest BCUT2D eigenvalue weighted by molar-refractivity contribution is 0.408. The van der Waals surface area contributed by atoms with Crippen LogP contribution in [0, 0.1) is 32.2 Å². The fourth-order valence-corrected chi connectivity index (χ4v) is 2.25. The van der Waals surface area contributed by atoms with Crippen LogP contribution in [0.3, 0.4) is 0 Å². The maximum atomic E-state index is 8.53. The van der Waals surface area contributed by atoms with E-state index < -0.39 is 0 Å². The molecule has 0 aliphatic carbocycles. The lowest BCUT2D eigenvalue weighted by Crippen LogP contribution is -1.98. The van der Waals surface area contributed by atoms with E-state index in [4.69, 9.17) is 10.00 Å². The van der Waals surface area contributed by atoms with Gasteiger partial charge in [-0.25, -0.2) is 9.97 Å². The normalized spacial score (nSPS) is 9.95. The second-order valence-corrected chi connectivity index (χ2v) is 4.56. The van der Waals surface area contributed by atoms with Crippen LogP contribution in [0.5, 0.6) is 5.75 Å². The van der Waals surface area contributed by atoms with Gasteiger partial charge in [-0.2, -0.15) is 5.26 Å². The summed E-state index contributed by atoms with van der Waals surface area (Å²) in [6, 6.07) is 2.07. The molecule has 0 fully saturated rings. The second kappa shape index (κ2) is 5.57. The van der Waals surface area contributed by atoms with Crippen molar-refractivity contribution in [2.45, 2.75) is 20.8 Å². The molecule has 5 nitrogen and oxygen atoms in total. The third-order valence-electron chi connectivity index (χ3n) is 3.36. The number of anilines is 1. The van der Waals surface area contributed by atoms with Gasteiger partial charge in [-0.1, -0.05) is 0 Å². The average Bonchev–Trinajstić information content (AvgIpc) is 2.45. The van der Waals surface area contributed by atoms with Gasteiger partial charge in [0.1, 0.15) is 5.75 Å². The molecule has 2 rings (SSSR count). The van der Waals surface area contributed by atoms with Crippen LogP contribution in [0.15, 0.2) is 18.5 Å². The predicted molar refractivity (Wildman–Crippen MR) is 77.5 cm³/mol. The van der Waals surface area contributed by atoms with Crippen molar-refractivity contribution in [1.82, 2.24) is 9.97 Å². The first-order valence-corrected chi connectivity index (χ1v) is 6.20. The molecule has 0 amide bonds. The molecule has 0 unspecified atom stereocenters. The molecule has 0 saturated heterocycles. The van der Waals surface area contributed by atoms with Crippen LogP contribution in [-0.2, 0) is 0 Å². The molecule has 0 saturated carbocycles. The fourth-order valence-electron chi connectivity index (χ4n) is 2.25. The Hall–Kier alpha value is -2.61. The molecular weight excluding hydrogens is 252 g/mol. The van der Waals surface area contributed by atoms with E-state index in [2.05, 4.69) is 21.4 Å². The summed E-state index contributed by atoms with van der Waals surface area (Å²) in [7, 11) is 1.68. The van der Waals surface area contributed by atoms with Gasteiger partial charge in [-0.15, -0.1) is 0 Å². The quantitative estimate of drug-likeness (QED) is 0.684. The van der Waals surface area contributed by atoms with Gasteiger partial charge in [0.2, 0.25) is 5.95 Å². The minimum atomic E-state index is 0.302. The van der Waals surface area contributed by atoms with Crippen molar-refractivity contribution in [3.05, 3.63) is 35.2 Å². The molecular formula is C15H16N4O. The highest BCUT2D eigenvalue weighted by Gasteiger charge is 2.12. The maximum Gasteiger partial charge on any atom is 0.236 e. The number of aryl methyl sites for hydroxylation is 1. The van der Waals surface area contributed by atoms with Crippen LogP contribution < -0.4 is 10.1 Å². The Morgan fingerprint density at radius 1 is 1.15 bits per heavy atom. The highest BCUT2D eigenvalue weighted by atomic mass is 16.5. The van der Waals surface area contributed by atoms with Crippen molar-refractivity contribution in [2.75, 3.05) is 12.4 Å².